The molecule has 1 aliphatic rings. The zero-order valence-electron chi connectivity index (χ0n) is 11.7. The topological polar surface area (TPSA) is 83.5 Å². The van der Waals surface area contributed by atoms with Crippen molar-refractivity contribution in [3.63, 3.8) is 0 Å². The highest BCUT2D eigenvalue weighted by molar-refractivity contribution is 7.91. The highest BCUT2D eigenvalue weighted by Gasteiger charge is 2.40. The van der Waals surface area contributed by atoms with E-state index in [0.717, 1.165) is 30.6 Å². The number of carbonyl (C=O) groups is 1. The Bertz CT molecular complexity index is 613. The summed E-state index contributed by atoms with van der Waals surface area (Å²) in [7, 11) is -3.71. The van der Waals surface area contributed by atoms with Crippen molar-refractivity contribution < 1.29 is 18.3 Å². The molecule has 0 saturated heterocycles. The monoisotopic (exact) mass is 351 g/mol. The zero-order chi connectivity index (χ0) is 15.7. The van der Waals surface area contributed by atoms with E-state index in [4.69, 9.17) is 11.6 Å². The first-order valence-corrected chi connectivity index (χ1v) is 9.44. The summed E-state index contributed by atoms with van der Waals surface area (Å²) in [5, 5.41) is 9.45. The lowest BCUT2D eigenvalue weighted by Crippen LogP contribution is -2.44. The number of nitrogens with one attached hydrogen (secondary N) is 1. The van der Waals surface area contributed by atoms with Crippen LogP contribution in [0.3, 0.4) is 0 Å². The summed E-state index contributed by atoms with van der Waals surface area (Å²) in [6, 6.07) is 1.50. The number of aliphatic carboxylic acids is 1. The van der Waals surface area contributed by atoms with Crippen LogP contribution in [0.5, 0.6) is 0 Å². The molecule has 0 unspecified atom stereocenters. The molecule has 1 saturated carbocycles. The Morgan fingerprint density at radius 2 is 2.05 bits per heavy atom. The average molecular weight is 352 g/mol. The highest BCUT2D eigenvalue weighted by Crippen LogP contribution is 2.37. The summed E-state index contributed by atoms with van der Waals surface area (Å²) in [5.41, 5.74) is -0.283. The number of rotatable bonds is 5. The van der Waals surface area contributed by atoms with E-state index in [1.54, 1.807) is 6.92 Å². The summed E-state index contributed by atoms with van der Waals surface area (Å²) in [6.45, 7) is 1.66. The molecule has 0 bridgehead atoms. The predicted octanol–water partition coefficient (Wildman–Crippen LogP) is 3.02. The molecule has 2 N–H and O–H groups in total. The van der Waals surface area contributed by atoms with E-state index in [-0.39, 0.29) is 10.8 Å². The van der Waals surface area contributed by atoms with Crippen molar-refractivity contribution >= 4 is 38.9 Å². The summed E-state index contributed by atoms with van der Waals surface area (Å²) in [4.78, 5) is 11.5. The van der Waals surface area contributed by atoms with Gasteiger partial charge in [0.2, 0.25) is 10.0 Å². The number of carboxylic acids is 1. The molecule has 0 spiro atoms. The van der Waals surface area contributed by atoms with Crippen molar-refractivity contribution in [3.8, 4) is 0 Å². The van der Waals surface area contributed by atoms with Gasteiger partial charge in [0.15, 0.2) is 0 Å². The van der Waals surface area contributed by atoms with E-state index in [0.29, 0.717) is 22.7 Å². The average Bonchev–Trinajstić information content (AvgIpc) is 2.78. The molecule has 1 aromatic heterocycles. The van der Waals surface area contributed by atoms with E-state index >= 15 is 0 Å². The number of hydrogen-bond acceptors (Lipinski definition) is 4. The lowest BCUT2D eigenvalue weighted by Gasteiger charge is -2.33. The van der Waals surface area contributed by atoms with Crippen LogP contribution < -0.4 is 4.72 Å². The van der Waals surface area contributed by atoms with E-state index in [2.05, 4.69) is 4.72 Å². The molecular weight excluding hydrogens is 334 g/mol. The largest absolute Gasteiger partial charge is 0.481 e. The van der Waals surface area contributed by atoms with Crippen molar-refractivity contribution in [2.45, 2.75) is 43.2 Å². The number of aryl methyl sites for hydroxylation is 1. The number of thiophene rings is 1. The van der Waals surface area contributed by atoms with Gasteiger partial charge in [-0.2, -0.15) is 0 Å². The van der Waals surface area contributed by atoms with Crippen LogP contribution in [0.1, 0.15) is 37.7 Å². The number of sulfonamides is 1. The lowest BCUT2D eigenvalue weighted by atomic mass is 9.74. The molecule has 0 aromatic carbocycles. The van der Waals surface area contributed by atoms with Gasteiger partial charge in [0.1, 0.15) is 4.21 Å². The fraction of sp³-hybridized carbons (Fsp3) is 0.615. The van der Waals surface area contributed by atoms with Crippen molar-refractivity contribution in [1.82, 2.24) is 4.72 Å². The van der Waals surface area contributed by atoms with Crippen LogP contribution in [0.4, 0.5) is 0 Å². The lowest BCUT2D eigenvalue weighted by molar-refractivity contribution is -0.150. The normalized spacial score (nSPS) is 18.6. The minimum atomic E-state index is -3.71. The zero-order valence-corrected chi connectivity index (χ0v) is 14.1. The maximum Gasteiger partial charge on any atom is 0.310 e. The van der Waals surface area contributed by atoms with Crippen molar-refractivity contribution in [2.75, 3.05) is 6.54 Å². The molecule has 1 fully saturated rings. The van der Waals surface area contributed by atoms with Gasteiger partial charge in [0.05, 0.1) is 9.75 Å². The van der Waals surface area contributed by atoms with Gasteiger partial charge in [-0.15, -0.1) is 11.3 Å². The molecular formula is C13H18ClNO4S2. The summed E-state index contributed by atoms with van der Waals surface area (Å²) >= 11 is 6.88. The van der Waals surface area contributed by atoms with Gasteiger partial charge in [0.25, 0.3) is 0 Å². The molecule has 8 heteroatoms. The van der Waals surface area contributed by atoms with Crippen LogP contribution >= 0.6 is 22.9 Å². The second-order valence-corrected chi connectivity index (χ2v) is 9.14. The Labute approximate surface area is 133 Å². The van der Waals surface area contributed by atoms with Gasteiger partial charge in [-0.3, -0.25) is 4.79 Å². The number of carboxylic acid groups (broad SMARTS) is 1. The summed E-state index contributed by atoms with van der Waals surface area (Å²) in [5.74, 6) is -0.926. The number of hydrogen-bond donors (Lipinski definition) is 2. The van der Waals surface area contributed by atoms with E-state index in [9.17, 15) is 18.3 Å². The third kappa shape index (κ3) is 3.59. The van der Waals surface area contributed by atoms with Crippen LogP contribution in [0.15, 0.2) is 10.3 Å². The molecule has 1 heterocycles. The second-order valence-electron chi connectivity index (χ2n) is 5.49. The van der Waals surface area contributed by atoms with Gasteiger partial charge in [-0.1, -0.05) is 30.9 Å². The molecule has 0 amide bonds. The molecule has 21 heavy (non-hydrogen) atoms. The molecule has 1 aliphatic carbocycles. The van der Waals surface area contributed by atoms with Crippen molar-refractivity contribution in [2.24, 2.45) is 5.41 Å². The van der Waals surface area contributed by atoms with E-state index in [1.165, 1.54) is 6.07 Å². The Morgan fingerprint density at radius 1 is 1.43 bits per heavy atom. The fourth-order valence-electron chi connectivity index (χ4n) is 2.56. The van der Waals surface area contributed by atoms with E-state index < -0.39 is 21.4 Å². The maximum atomic E-state index is 12.3. The van der Waals surface area contributed by atoms with Gasteiger partial charge in [-0.05, 0) is 31.4 Å². The minimum Gasteiger partial charge on any atom is -0.481 e. The summed E-state index contributed by atoms with van der Waals surface area (Å²) < 4.78 is 27.5. The SMILES string of the molecule is Cc1cc(S(=O)(=O)NCC2(C(=O)O)CCCCC2)sc1Cl. The minimum absolute atomic E-state index is 0.0702. The third-order valence-electron chi connectivity index (χ3n) is 3.96. The number of halogens is 1. The van der Waals surface area contributed by atoms with Crippen LogP contribution in [0.25, 0.3) is 0 Å². The Kier molecular flexibility index (Phi) is 4.97. The van der Waals surface area contributed by atoms with Crippen LogP contribution in [0, 0.1) is 12.3 Å². The van der Waals surface area contributed by atoms with Crippen LogP contribution in [-0.4, -0.2) is 26.0 Å². The Morgan fingerprint density at radius 3 is 2.52 bits per heavy atom. The summed E-state index contributed by atoms with van der Waals surface area (Å²) in [6.07, 6.45) is 3.65. The molecule has 1 aromatic rings. The first-order chi connectivity index (χ1) is 9.77. The molecule has 0 atom stereocenters. The van der Waals surface area contributed by atoms with Gasteiger partial charge in [-0.25, -0.2) is 13.1 Å². The first kappa shape index (κ1) is 16.7. The molecule has 0 aliphatic heterocycles. The molecule has 0 radical (unpaired) electrons. The molecule has 5 nitrogen and oxygen atoms in total. The van der Waals surface area contributed by atoms with Gasteiger partial charge in [0, 0.05) is 6.54 Å². The van der Waals surface area contributed by atoms with Crippen molar-refractivity contribution in [3.05, 3.63) is 16.0 Å². The van der Waals surface area contributed by atoms with Crippen LogP contribution in [0.2, 0.25) is 4.34 Å². The van der Waals surface area contributed by atoms with E-state index in [1.807, 2.05) is 0 Å². The fourth-order valence-corrected chi connectivity index (χ4v) is 5.44. The van der Waals surface area contributed by atoms with Crippen LogP contribution in [-0.2, 0) is 14.8 Å². The molecule has 118 valence electrons. The predicted molar refractivity (Wildman–Crippen MR) is 82.4 cm³/mol. The highest BCUT2D eigenvalue weighted by atomic mass is 35.5. The standard InChI is InChI=1S/C13H18ClNO4S2/c1-9-7-10(20-11(9)14)21(18,19)15-8-13(12(16)17)5-3-2-4-6-13/h7,15H,2-6,8H2,1H3,(H,16,17). The quantitative estimate of drug-likeness (QED) is 0.854. The maximum absolute atomic E-state index is 12.3. The third-order valence-corrected chi connectivity index (χ3v) is 7.39. The van der Waals surface area contributed by atoms with Crippen molar-refractivity contribution in [1.29, 1.82) is 0 Å². The Hall–Kier alpha value is -0.630. The molecule has 2 rings (SSSR count). The van der Waals surface area contributed by atoms with Gasteiger partial charge < -0.3 is 5.11 Å². The Balaban J connectivity index is 2.15. The van der Waals surface area contributed by atoms with Gasteiger partial charge >= 0.3 is 5.97 Å². The smallest absolute Gasteiger partial charge is 0.310 e. The first-order valence-electron chi connectivity index (χ1n) is 6.76. The second kappa shape index (κ2) is 6.24.